The third-order valence-electron chi connectivity index (χ3n) is 2.99. The predicted molar refractivity (Wildman–Crippen MR) is 92.7 cm³/mol. The number of halogens is 3. The highest BCUT2D eigenvalue weighted by Crippen LogP contribution is 2.38. The monoisotopic (exact) mass is 430 g/mol. The first-order valence-corrected chi connectivity index (χ1v) is 8.63. The van der Waals surface area contributed by atoms with Gasteiger partial charge >= 0.3 is 0 Å². The van der Waals surface area contributed by atoms with E-state index in [1.807, 2.05) is 26.0 Å². The van der Waals surface area contributed by atoms with E-state index in [2.05, 4.69) is 47.9 Å². The third-order valence-corrected chi connectivity index (χ3v) is 5.61. The molecule has 0 N–H and O–H groups in total. The molecular formula is C14H9Br2ClN2S. The molecule has 0 amide bonds. The maximum Gasteiger partial charge on any atom is 0.163 e. The number of nitrogens with zero attached hydrogens (tertiary/aromatic N) is 2. The van der Waals surface area contributed by atoms with E-state index in [0.717, 1.165) is 35.2 Å². The van der Waals surface area contributed by atoms with Crippen LogP contribution < -0.4 is 0 Å². The van der Waals surface area contributed by atoms with Gasteiger partial charge in [-0.3, -0.25) is 0 Å². The fourth-order valence-electron chi connectivity index (χ4n) is 2.16. The zero-order chi connectivity index (χ0) is 14.4. The largest absolute Gasteiger partial charge is 0.228 e. The van der Waals surface area contributed by atoms with Gasteiger partial charge in [0.2, 0.25) is 0 Å². The molecule has 6 heteroatoms. The van der Waals surface area contributed by atoms with Crippen molar-refractivity contribution < 1.29 is 0 Å². The van der Waals surface area contributed by atoms with Crippen molar-refractivity contribution in [2.45, 2.75) is 13.8 Å². The SMILES string of the molecule is Cc1cc(C)c2nc(-c3cc(Br)sc3Br)nc(Cl)c2c1. The van der Waals surface area contributed by atoms with Crippen LogP contribution in [0.4, 0.5) is 0 Å². The highest BCUT2D eigenvalue weighted by Gasteiger charge is 2.14. The summed E-state index contributed by atoms with van der Waals surface area (Å²) in [5.41, 5.74) is 4.12. The van der Waals surface area contributed by atoms with Gasteiger partial charge in [0.05, 0.1) is 13.1 Å². The summed E-state index contributed by atoms with van der Waals surface area (Å²) in [5.74, 6) is 0.642. The minimum absolute atomic E-state index is 0.492. The van der Waals surface area contributed by atoms with Gasteiger partial charge < -0.3 is 0 Å². The Morgan fingerprint density at radius 2 is 1.85 bits per heavy atom. The summed E-state index contributed by atoms with van der Waals surface area (Å²) >= 11 is 14.9. The van der Waals surface area contributed by atoms with Crippen LogP contribution in [0.25, 0.3) is 22.3 Å². The third kappa shape index (κ3) is 2.52. The van der Waals surface area contributed by atoms with Crippen molar-refractivity contribution in [2.75, 3.05) is 0 Å². The van der Waals surface area contributed by atoms with Gasteiger partial charge in [0.25, 0.3) is 0 Å². The number of thiophene rings is 1. The fraction of sp³-hybridized carbons (Fsp3) is 0.143. The van der Waals surface area contributed by atoms with E-state index < -0.39 is 0 Å². The first-order valence-electron chi connectivity index (χ1n) is 5.85. The minimum atomic E-state index is 0.492. The summed E-state index contributed by atoms with van der Waals surface area (Å²) < 4.78 is 2.02. The Morgan fingerprint density at radius 3 is 2.50 bits per heavy atom. The van der Waals surface area contributed by atoms with Gasteiger partial charge in [-0.1, -0.05) is 23.2 Å². The molecule has 2 aromatic heterocycles. The van der Waals surface area contributed by atoms with E-state index in [9.17, 15) is 0 Å². The number of aromatic nitrogens is 2. The molecule has 0 atom stereocenters. The molecule has 1 aromatic carbocycles. The van der Waals surface area contributed by atoms with Crippen molar-refractivity contribution in [3.63, 3.8) is 0 Å². The number of fused-ring (bicyclic) bond motifs is 1. The number of rotatable bonds is 1. The molecule has 2 heterocycles. The first-order chi connectivity index (χ1) is 9.45. The fourth-order valence-corrected chi connectivity index (χ4v) is 5.18. The van der Waals surface area contributed by atoms with Gasteiger partial charge in [0.1, 0.15) is 5.15 Å². The Bertz CT molecular complexity index is 830. The van der Waals surface area contributed by atoms with Gasteiger partial charge in [-0.25, -0.2) is 9.97 Å². The van der Waals surface area contributed by atoms with Crippen LogP contribution in [0, 0.1) is 13.8 Å². The smallest absolute Gasteiger partial charge is 0.163 e. The molecular weight excluding hydrogens is 423 g/mol. The molecule has 0 saturated heterocycles. The second kappa shape index (κ2) is 5.37. The van der Waals surface area contributed by atoms with E-state index in [0.29, 0.717) is 11.0 Å². The normalized spacial score (nSPS) is 11.2. The molecule has 0 radical (unpaired) electrons. The van der Waals surface area contributed by atoms with E-state index >= 15 is 0 Å². The van der Waals surface area contributed by atoms with E-state index in [-0.39, 0.29) is 0 Å². The standard InChI is InChI=1S/C14H9Br2ClN2S/c1-6-3-7(2)11-8(4-6)13(17)19-14(18-11)9-5-10(15)20-12(9)16/h3-5H,1-2H3. The Kier molecular flexibility index (Phi) is 3.88. The molecule has 0 spiro atoms. The van der Waals surface area contributed by atoms with Crippen molar-refractivity contribution in [3.05, 3.63) is 42.1 Å². The van der Waals surface area contributed by atoms with Crippen molar-refractivity contribution in [2.24, 2.45) is 0 Å². The summed E-state index contributed by atoms with van der Waals surface area (Å²) in [4.78, 5) is 9.12. The van der Waals surface area contributed by atoms with E-state index in [1.54, 1.807) is 11.3 Å². The van der Waals surface area contributed by atoms with Gasteiger partial charge in [0, 0.05) is 10.9 Å². The van der Waals surface area contributed by atoms with Gasteiger partial charge in [-0.05, 0) is 63.4 Å². The molecule has 0 aliphatic heterocycles. The molecule has 0 fully saturated rings. The van der Waals surface area contributed by atoms with Crippen LogP contribution in [0.3, 0.4) is 0 Å². The zero-order valence-electron chi connectivity index (χ0n) is 10.7. The lowest BCUT2D eigenvalue weighted by molar-refractivity contribution is 1.21. The average Bonchev–Trinajstić information content (AvgIpc) is 2.69. The minimum Gasteiger partial charge on any atom is -0.228 e. The maximum atomic E-state index is 6.34. The van der Waals surface area contributed by atoms with Crippen molar-refractivity contribution in [3.8, 4) is 11.4 Å². The van der Waals surface area contributed by atoms with Crippen molar-refractivity contribution in [1.29, 1.82) is 0 Å². The zero-order valence-corrected chi connectivity index (χ0v) is 15.4. The van der Waals surface area contributed by atoms with Crippen LogP contribution in [-0.2, 0) is 0 Å². The Labute approximate surface area is 142 Å². The number of benzene rings is 1. The second-order valence-corrected chi connectivity index (χ2v) is 8.66. The Hall–Kier alpha value is -0.490. The second-order valence-electron chi connectivity index (χ2n) is 4.55. The Morgan fingerprint density at radius 1 is 1.10 bits per heavy atom. The van der Waals surface area contributed by atoms with Crippen LogP contribution in [0.2, 0.25) is 5.15 Å². The van der Waals surface area contributed by atoms with Crippen LogP contribution in [0.15, 0.2) is 25.8 Å². The highest BCUT2D eigenvalue weighted by atomic mass is 79.9. The van der Waals surface area contributed by atoms with E-state index in [4.69, 9.17) is 11.6 Å². The number of aryl methyl sites for hydroxylation is 2. The lowest BCUT2D eigenvalue weighted by Crippen LogP contribution is -1.94. The molecule has 0 bridgehead atoms. The number of hydrogen-bond acceptors (Lipinski definition) is 3. The van der Waals surface area contributed by atoms with Gasteiger partial charge in [-0.15, -0.1) is 11.3 Å². The molecule has 0 aliphatic carbocycles. The summed E-state index contributed by atoms with van der Waals surface area (Å²) in [5, 5.41) is 1.39. The molecule has 2 nitrogen and oxygen atoms in total. The van der Waals surface area contributed by atoms with Gasteiger partial charge in [0.15, 0.2) is 5.82 Å². The molecule has 0 saturated carbocycles. The average molecular weight is 433 g/mol. The molecule has 3 aromatic rings. The van der Waals surface area contributed by atoms with E-state index in [1.165, 1.54) is 0 Å². The van der Waals surface area contributed by atoms with Crippen molar-refractivity contribution in [1.82, 2.24) is 9.97 Å². The molecule has 0 aliphatic rings. The summed E-state index contributed by atoms with van der Waals surface area (Å²) in [6, 6.07) is 6.12. The molecule has 102 valence electrons. The molecule has 3 rings (SSSR count). The lowest BCUT2D eigenvalue weighted by atomic mass is 10.1. The summed E-state index contributed by atoms with van der Waals surface area (Å²) in [6.07, 6.45) is 0. The topological polar surface area (TPSA) is 25.8 Å². The van der Waals surface area contributed by atoms with Crippen molar-refractivity contribution >= 4 is 65.7 Å². The van der Waals surface area contributed by atoms with Crippen LogP contribution in [-0.4, -0.2) is 9.97 Å². The number of hydrogen-bond donors (Lipinski definition) is 0. The predicted octanol–water partition coefficient (Wildman–Crippen LogP) is 6.15. The lowest BCUT2D eigenvalue weighted by Gasteiger charge is -2.07. The summed E-state index contributed by atoms with van der Waals surface area (Å²) in [6.45, 7) is 4.09. The molecule has 0 unspecified atom stereocenters. The van der Waals surface area contributed by atoms with Crippen LogP contribution in [0.5, 0.6) is 0 Å². The van der Waals surface area contributed by atoms with Gasteiger partial charge in [-0.2, -0.15) is 0 Å². The first kappa shape index (κ1) is 14.4. The van der Waals surface area contributed by atoms with Crippen LogP contribution >= 0.6 is 54.8 Å². The molecule has 20 heavy (non-hydrogen) atoms. The Balaban J connectivity index is 2.32. The van der Waals surface area contributed by atoms with Crippen LogP contribution in [0.1, 0.15) is 11.1 Å². The highest BCUT2D eigenvalue weighted by molar-refractivity contribution is 9.12. The maximum absolute atomic E-state index is 6.34. The summed E-state index contributed by atoms with van der Waals surface area (Å²) in [7, 11) is 0. The quantitative estimate of drug-likeness (QED) is 0.431.